The van der Waals surface area contributed by atoms with Gasteiger partial charge in [-0.25, -0.2) is 0 Å². The molecule has 2 heterocycles. The van der Waals surface area contributed by atoms with Crippen molar-refractivity contribution in [2.45, 2.75) is 32.6 Å². The Labute approximate surface area is 137 Å². The van der Waals surface area contributed by atoms with Crippen molar-refractivity contribution < 1.29 is 9.59 Å². The summed E-state index contributed by atoms with van der Waals surface area (Å²) < 4.78 is 0. The number of anilines is 1. The predicted molar refractivity (Wildman–Crippen MR) is 90.4 cm³/mol. The lowest BCUT2D eigenvalue weighted by Crippen LogP contribution is -2.52. The first-order valence-corrected chi connectivity index (χ1v) is 8.46. The predicted octanol–water partition coefficient (Wildman–Crippen LogP) is 2.25. The topological polar surface area (TPSA) is 61.4 Å². The van der Waals surface area contributed by atoms with Crippen LogP contribution in [-0.4, -0.2) is 42.9 Å². The zero-order valence-electron chi connectivity index (χ0n) is 13.7. The summed E-state index contributed by atoms with van der Waals surface area (Å²) in [6, 6.07) is 7.18. The van der Waals surface area contributed by atoms with Gasteiger partial charge in [0.15, 0.2) is 0 Å². The summed E-state index contributed by atoms with van der Waals surface area (Å²) in [6.45, 7) is 5.29. The van der Waals surface area contributed by atoms with Gasteiger partial charge >= 0.3 is 0 Å². The molecule has 2 amide bonds. The van der Waals surface area contributed by atoms with E-state index in [1.807, 2.05) is 4.90 Å². The summed E-state index contributed by atoms with van der Waals surface area (Å²) in [7, 11) is 0. The van der Waals surface area contributed by atoms with Gasteiger partial charge in [0.1, 0.15) is 0 Å². The molecule has 0 aliphatic carbocycles. The van der Waals surface area contributed by atoms with E-state index in [9.17, 15) is 9.59 Å². The maximum absolute atomic E-state index is 12.8. The van der Waals surface area contributed by atoms with Gasteiger partial charge in [0.05, 0.1) is 0 Å². The van der Waals surface area contributed by atoms with Gasteiger partial charge < -0.3 is 15.5 Å². The number of rotatable bonds is 2. The molecule has 0 radical (unpaired) electrons. The van der Waals surface area contributed by atoms with Gasteiger partial charge in [0.25, 0.3) is 5.91 Å². The normalized spacial score (nSPS) is 24.5. The van der Waals surface area contributed by atoms with Crippen LogP contribution in [0.2, 0.25) is 0 Å². The molecule has 1 atom stereocenters. The SMILES string of the molecule is CC(=O)Nc1ccc(C(=O)N2CCCC3(CCCNC3)C2)cc1. The molecule has 2 fully saturated rings. The second-order valence-corrected chi connectivity index (χ2v) is 6.87. The molecule has 3 rings (SSSR count). The van der Waals surface area contributed by atoms with Gasteiger partial charge in [-0.15, -0.1) is 0 Å². The Kier molecular flexibility index (Phi) is 4.66. The number of carbonyl (C=O) groups is 2. The fourth-order valence-corrected chi connectivity index (χ4v) is 3.84. The number of likely N-dealkylation sites (tertiary alicyclic amines) is 1. The van der Waals surface area contributed by atoms with E-state index in [-0.39, 0.29) is 17.2 Å². The van der Waals surface area contributed by atoms with Crippen molar-refractivity contribution >= 4 is 17.5 Å². The molecule has 0 bridgehead atoms. The summed E-state index contributed by atoms with van der Waals surface area (Å²) >= 11 is 0. The highest BCUT2D eigenvalue weighted by Crippen LogP contribution is 2.36. The maximum Gasteiger partial charge on any atom is 0.253 e. The quantitative estimate of drug-likeness (QED) is 0.880. The molecule has 5 heteroatoms. The fourth-order valence-electron chi connectivity index (χ4n) is 3.84. The number of piperidine rings is 2. The number of amides is 2. The first-order valence-electron chi connectivity index (χ1n) is 8.46. The molecule has 2 N–H and O–H groups in total. The summed E-state index contributed by atoms with van der Waals surface area (Å²) in [5, 5.41) is 6.22. The molecular weight excluding hydrogens is 290 g/mol. The van der Waals surface area contributed by atoms with Crippen molar-refractivity contribution in [1.82, 2.24) is 10.2 Å². The third-order valence-electron chi connectivity index (χ3n) is 4.96. The molecule has 2 aliphatic heterocycles. The van der Waals surface area contributed by atoms with Crippen LogP contribution in [0.25, 0.3) is 0 Å². The van der Waals surface area contributed by atoms with Gasteiger partial charge in [-0.1, -0.05) is 0 Å². The Morgan fingerprint density at radius 3 is 2.57 bits per heavy atom. The molecule has 0 saturated carbocycles. The van der Waals surface area contributed by atoms with Crippen LogP contribution >= 0.6 is 0 Å². The molecule has 5 nitrogen and oxygen atoms in total. The molecule has 1 aromatic rings. The van der Waals surface area contributed by atoms with Gasteiger partial charge in [-0.2, -0.15) is 0 Å². The Morgan fingerprint density at radius 1 is 1.17 bits per heavy atom. The van der Waals surface area contributed by atoms with Crippen LogP contribution < -0.4 is 10.6 Å². The lowest BCUT2D eigenvalue weighted by atomic mass is 9.74. The molecule has 2 aliphatic rings. The van der Waals surface area contributed by atoms with E-state index in [0.717, 1.165) is 38.3 Å². The van der Waals surface area contributed by atoms with E-state index in [1.54, 1.807) is 24.3 Å². The number of nitrogens with zero attached hydrogens (tertiary/aromatic N) is 1. The highest BCUT2D eigenvalue weighted by atomic mass is 16.2. The van der Waals surface area contributed by atoms with Crippen LogP contribution in [0.1, 0.15) is 43.0 Å². The highest BCUT2D eigenvalue weighted by Gasteiger charge is 2.38. The van der Waals surface area contributed by atoms with Crippen LogP contribution in [-0.2, 0) is 4.79 Å². The van der Waals surface area contributed by atoms with Crippen molar-refractivity contribution in [2.75, 3.05) is 31.5 Å². The molecule has 2 saturated heterocycles. The van der Waals surface area contributed by atoms with Crippen LogP contribution in [0.15, 0.2) is 24.3 Å². The van der Waals surface area contributed by atoms with Crippen molar-refractivity contribution in [2.24, 2.45) is 5.41 Å². The molecule has 1 spiro atoms. The fraction of sp³-hybridized carbons (Fsp3) is 0.556. The molecule has 23 heavy (non-hydrogen) atoms. The Morgan fingerprint density at radius 2 is 1.91 bits per heavy atom. The first kappa shape index (κ1) is 16.0. The summed E-state index contributed by atoms with van der Waals surface area (Å²) in [5.41, 5.74) is 1.68. The number of hydrogen-bond donors (Lipinski definition) is 2. The number of benzene rings is 1. The molecule has 0 aromatic heterocycles. The minimum atomic E-state index is -0.105. The van der Waals surface area contributed by atoms with E-state index in [2.05, 4.69) is 10.6 Å². The van der Waals surface area contributed by atoms with Crippen LogP contribution in [0.4, 0.5) is 5.69 Å². The van der Waals surface area contributed by atoms with Crippen molar-refractivity contribution in [3.63, 3.8) is 0 Å². The third-order valence-corrected chi connectivity index (χ3v) is 4.96. The Balaban J connectivity index is 1.68. The molecule has 124 valence electrons. The van der Waals surface area contributed by atoms with Crippen molar-refractivity contribution in [3.05, 3.63) is 29.8 Å². The van der Waals surface area contributed by atoms with Crippen molar-refractivity contribution in [3.8, 4) is 0 Å². The number of carbonyl (C=O) groups excluding carboxylic acids is 2. The smallest absolute Gasteiger partial charge is 0.253 e. The van der Waals surface area contributed by atoms with E-state index in [4.69, 9.17) is 0 Å². The van der Waals surface area contributed by atoms with E-state index in [1.165, 1.54) is 26.2 Å². The monoisotopic (exact) mass is 315 g/mol. The average molecular weight is 315 g/mol. The highest BCUT2D eigenvalue weighted by molar-refractivity contribution is 5.95. The van der Waals surface area contributed by atoms with Crippen LogP contribution in [0, 0.1) is 5.41 Å². The van der Waals surface area contributed by atoms with E-state index < -0.39 is 0 Å². The second kappa shape index (κ2) is 6.71. The summed E-state index contributed by atoms with van der Waals surface area (Å²) in [5.74, 6) is -0.00382. The Bertz CT molecular complexity index is 571. The van der Waals surface area contributed by atoms with E-state index in [0.29, 0.717) is 5.56 Å². The average Bonchev–Trinajstić information content (AvgIpc) is 2.55. The zero-order valence-corrected chi connectivity index (χ0v) is 13.7. The largest absolute Gasteiger partial charge is 0.338 e. The van der Waals surface area contributed by atoms with Crippen LogP contribution in [0.5, 0.6) is 0 Å². The zero-order chi connectivity index (χ0) is 16.3. The van der Waals surface area contributed by atoms with Gasteiger partial charge in [0.2, 0.25) is 5.91 Å². The van der Waals surface area contributed by atoms with Crippen molar-refractivity contribution in [1.29, 1.82) is 0 Å². The molecule has 1 unspecified atom stereocenters. The lowest BCUT2D eigenvalue weighted by Gasteiger charge is -2.45. The van der Waals surface area contributed by atoms with Crippen LogP contribution in [0.3, 0.4) is 0 Å². The van der Waals surface area contributed by atoms with E-state index >= 15 is 0 Å². The second-order valence-electron chi connectivity index (χ2n) is 6.87. The van der Waals surface area contributed by atoms with Gasteiger partial charge in [-0.05, 0) is 56.5 Å². The summed E-state index contributed by atoms with van der Waals surface area (Å²) in [4.78, 5) is 25.8. The minimum absolute atomic E-state index is 0.101. The number of nitrogens with one attached hydrogen (secondary N) is 2. The summed E-state index contributed by atoms with van der Waals surface area (Å²) in [6.07, 6.45) is 4.71. The minimum Gasteiger partial charge on any atom is -0.338 e. The van der Waals surface area contributed by atoms with Gasteiger partial charge in [0, 0.05) is 43.2 Å². The molecular formula is C18H25N3O2. The lowest BCUT2D eigenvalue weighted by molar-refractivity contribution is -0.114. The number of hydrogen-bond acceptors (Lipinski definition) is 3. The maximum atomic E-state index is 12.8. The van der Waals surface area contributed by atoms with Gasteiger partial charge in [-0.3, -0.25) is 9.59 Å². The first-order chi connectivity index (χ1) is 11.1. The standard InChI is InChI=1S/C18H25N3O2/c1-14(22)20-16-6-4-15(5-7-16)17(23)21-11-3-9-18(13-21)8-2-10-19-12-18/h4-7,19H,2-3,8-13H2,1H3,(H,20,22). The third kappa shape index (κ3) is 3.72. The molecule has 1 aromatic carbocycles. The Hall–Kier alpha value is -1.88.